The van der Waals surface area contributed by atoms with Crippen LogP contribution in [0.4, 0.5) is 5.69 Å². The molecular formula is C17H28N2. The van der Waals surface area contributed by atoms with Crippen molar-refractivity contribution >= 4 is 5.69 Å². The lowest BCUT2D eigenvalue weighted by Gasteiger charge is -2.39. The minimum Gasteiger partial charge on any atom is -0.369 e. The van der Waals surface area contributed by atoms with E-state index in [0.717, 1.165) is 12.3 Å². The summed E-state index contributed by atoms with van der Waals surface area (Å²) in [5.74, 6) is 0.800. The van der Waals surface area contributed by atoms with Gasteiger partial charge in [-0.05, 0) is 56.8 Å². The second-order valence-corrected chi connectivity index (χ2v) is 5.89. The zero-order chi connectivity index (χ0) is 13.8. The lowest BCUT2D eigenvalue weighted by atomic mass is 9.91. The van der Waals surface area contributed by atoms with Crippen molar-refractivity contribution in [2.24, 2.45) is 5.92 Å². The van der Waals surface area contributed by atoms with E-state index >= 15 is 0 Å². The fourth-order valence-corrected chi connectivity index (χ4v) is 3.20. The first-order chi connectivity index (χ1) is 9.17. The quantitative estimate of drug-likeness (QED) is 0.881. The molecule has 0 aromatic heterocycles. The van der Waals surface area contributed by atoms with Crippen LogP contribution in [0, 0.1) is 5.92 Å². The second-order valence-electron chi connectivity index (χ2n) is 5.89. The summed E-state index contributed by atoms with van der Waals surface area (Å²) in [5.41, 5.74) is 2.78. The van der Waals surface area contributed by atoms with Gasteiger partial charge in [0.05, 0.1) is 0 Å². The second kappa shape index (κ2) is 6.42. The maximum absolute atomic E-state index is 3.37. The lowest BCUT2D eigenvalue weighted by Crippen LogP contribution is -2.42. The summed E-state index contributed by atoms with van der Waals surface area (Å²) >= 11 is 0. The van der Waals surface area contributed by atoms with Crippen LogP contribution in [0.5, 0.6) is 0 Å². The molecule has 3 unspecified atom stereocenters. The van der Waals surface area contributed by atoms with Gasteiger partial charge in [-0.3, -0.25) is 0 Å². The molecule has 19 heavy (non-hydrogen) atoms. The first-order valence-corrected chi connectivity index (χ1v) is 7.71. The molecule has 1 aromatic rings. The zero-order valence-electron chi connectivity index (χ0n) is 12.8. The summed E-state index contributed by atoms with van der Waals surface area (Å²) in [6.45, 7) is 8.16. The Hall–Kier alpha value is -1.02. The van der Waals surface area contributed by atoms with Gasteiger partial charge in [0.15, 0.2) is 0 Å². The average Bonchev–Trinajstić information content (AvgIpc) is 2.44. The zero-order valence-corrected chi connectivity index (χ0v) is 12.8. The molecule has 1 aliphatic heterocycles. The minimum atomic E-state index is 0.478. The van der Waals surface area contributed by atoms with Crippen LogP contribution in [-0.4, -0.2) is 19.6 Å². The predicted molar refractivity (Wildman–Crippen MR) is 83.7 cm³/mol. The van der Waals surface area contributed by atoms with Crippen molar-refractivity contribution in [2.75, 3.05) is 18.5 Å². The summed E-state index contributed by atoms with van der Waals surface area (Å²) in [4.78, 5) is 2.57. The maximum atomic E-state index is 3.37. The highest BCUT2D eigenvalue weighted by Crippen LogP contribution is 2.29. The van der Waals surface area contributed by atoms with Gasteiger partial charge in [0.2, 0.25) is 0 Å². The van der Waals surface area contributed by atoms with Gasteiger partial charge >= 0.3 is 0 Å². The molecule has 3 atom stereocenters. The first kappa shape index (κ1) is 14.4. The topological polar surface area (TPSA) is 15.3 Å². The molecule has 1 fully saturated rings. The van der Waals surface area contributed by atoms with E-state index in [1.54, 1.807) is 0 Å². The Morgan fingerprint density at radius 2 is 1.95 bits per heavy atom. The van der Waals surface area contributed by atoms with Gasteiger partial charge in [0, 0.05) is 24.3 Å². The van der Waals surface area contributed by atoms with Gasteiger partial charge < -0.3 is 10.2 Å². The SMILES string of the molecule is CCC(NC)c1ccc(N2CCCC(C)C2C)cc1. The number of benzene rings is 1. The van der Waals surface area contributed by atoms with Crippen molar-refractivity contribution in [3.8, 4) is 0 Å². The molecule has 1 heterocycles. The van der Waals surface area contributed by atoms with Gasteiger partial charge in [0.25, 0.3) is 0 Å². The molecule has 1 aliphatic rings. The normalized spacial score (nSPS) is 25.4. The molecule has 0 aliphatic carbocycles. The van der Waals surface area contributed by atoms with Gasteiger partial charge in [0.1, 0.15) is 0 Å². The molecule has 1 saturated heterocycles. The number of hydrogen-bond acceptors (Lipinski definition) is 2. The monoisotopic (exact) mass is 260 g/mol. The Kier molecular flexibility index (Phi) is 4.87. The molecule has 1 aromatic carbocycles. The van der Waals surface area contributed by atoms with Crippen LogP contribution in [0.3, 0.4) is 0 Å². The number of nitrogens with one attached hydrogen (secondary N) is 1. The molecule has 0 radical (unpaired) electrons. The van der Waals surface area contributed by atoms with Crippen molar-refractivity contribution in [1.29, 1.82) is 0 Å². The van der Waals surface area contributed by atoms with E-state index in [0.29, 0.717) is 12.1 Å². The summed E-state index contributed by atoms with van der Waals surface area (Å²) in [7, 11) is 2.04. The fourth-order valence-electron chi connectivity index (χ4n) is 3.20. The third kappa shape index (κ3) is 3.11. The third-order valence-electron chi connectivity index (χ3n) is 4.76. The predicted octanol–water partition coefficient (Wildman–Crippen LogP) is 3.98. The molecular weight excluding hydrogens is 232 g/mol. The van der Waals surface area contributed by atoms with Gasteiger partial charge in [-0.1, -0.05) is 26.0 Å². The van der Waals surface area contributed by atoms with Crippen LogP contribution in [0.1, 0.15) is 51.6 Å². The first-order valence-electron chi connectivity index (χ1n) is 7.71. The Bertz CT molecular complexity index is 381. The summed E-state index contributed by atoms with van der Waals surface area (Å²) in [6, 6.07) is 10.3. The van der Waals surface area contributed by atoms with Gasteiger partial charge in [-0.15, -0.1) is 0 Å². The van der Waals surface area contributed by atoms with E-state index < -0.39 is 0 Å². The Morgan fingerprint density at radius 1 is 1.26 bits per heavy atom. The van der Waals surface area contributed by atoms with Gasteiger partial charge in [-0.2, -0.15) is 0 Å². The van der Waals surface area contributed by atoms with Gasteiger partial charge in [-0.25, -0.2) is 0 Å². The van der Waals surface area contributed by atoms with E-state index in [1.165, 1.54) is 30.6 Å². The average molecular weight is 260 g/mol. The molecule has 2 nitrogen and oxygen atoms in total. The van der Waals surface area contributed by atoms with Crippen LogP contribution in [0.25, 0.3) is 0 Å². The van der Waals surface area contributed by atoms with Crippen LogP contribution in [0.2, 0.25) is 0 Å². The molecule has 1 N–H and O–H groups in total. The smallest absolute Gasteiger partial charge is 0.0368 e. The van der Waals surface area contributed by atoms with E-state index in [1.807, 2.05) is 7.05 Å². The van der Waals surface area contributed by atoms with Crippen molar-refractivity contribution < 1.29 is 0 Å². The highest BCUT2D eigenvalue weighted by molar-refractivity contribution is 5.49. The summed E-state index contributed by atoms with van der Waals surface area (Å²) < 4.78 is 0. The Morgan fingerprint density at radius 3 is 2.53 bits per heavy atom. The molecule has 0 bridgehead atoms. The van der Waals surface area contributed by atoms with Crippen molar-refractivity contribution in [3.05, 3.63) is 29.8 Å². The maximum Gasteiger partial charge on any atom is 0.0368 e. The van der Waals surface area contributed by atoms with E-state index in [4.69, 9.17) is 0 Å². The molecule has 106 valence electrons. The van der Waals surface area contributed by atoms with Crippen molar-refractivity contribution in [1.82, 2.24) is 5.32 Å². The molecule has 0 spiro atoms. The Labute approximate surface area is 118 Å². The van der Waals surface area contributed by atoms with E-state index in [-0.39, 0.29) is 0 Å². The number of hydrogen-bond donors (Lipinski definition) is 1. The minimum absolute atomic E-state index is 0.478. The third-order valence-corrected chi connectivity index (χ3v) is 4.76. The van der Waals surface area contributed by atoms with E-state index in [2.05, 4.69) is 55.3 Å². The standard InChI is InChI=1S/C17H28N2/c1-5-17(18-4)15-8-10-16(11-9-15)19-12-6-7-13(2)14(19)3/h8-11,13-14,17-18H,5-7,12H2,1-4H3. The van der Waals surface area contributed by atoms with Crippen molar-refractivity contribution in [3.63, 3.8) is 0 Å². The van der Waals surface area contributed by atoms with Crippen LogP contribution in [0.15, 0.2) is 24.3 Å². The van der Waals surface area contributed by atoms with Crippen LogP contribution >= 0.6 is 0 Å². The Balaban J connectivity index is 2.13. The van der Waals surface area contributed by atoms with Crippen LogP contribution in [-0.2, 0) is 0 Å². The molecule has 2 heteroatoms. The summed E-state index contributed by atoms with van der Waals surface area (Å²) in [6.07, 6.45) is 3.82. The highest BCUT2D eigenvalue weighted by Gasteiger charge is 2.24. The fraction of sp³-hybridized carbons (Fsp3) is 0.647. The van der Waals surface area contributed by atoms with E-state index in [9.17, 15) is 0 Å². The number of piperidine rings is 1. The number of anilines is 1. The molecule has 0 saturated carbocycles. The van der Waals surface area contributed by atoms with Crippen LogP contribution < -0.4 is 10.2 Å². The molecule has 0 amide bonds. The largest absolute Gasteiger partial charge is 0.369 e. The van der Waals surface area contributed by atoms with Crippen molar-refractivity contribution in [2.45, 2.75) is 52.1 Å². The highest BCUT2D eigenvalue weighted by atomic mass is 15.2. The summed E-state index contributed by atoms with van der Waals surface area (Å²) in [5, 5.41) is 3.37. The number of nitrogens with zero attached hydrogens (tertiary/aromatic N) is 1. The lowest BCUT2D eigenvalue weighted by molar-refractivity contribution is 0.363. The number of rotatable bonds is 4. The molecule has 2 rings (SSSR count).